The summed E-state index contributed by atoms with van der Waals surface area (Å²) in [4.78, 5) is 31.5. The quantitative estimate of drug-likeness (QED) is 0.333. The molecule has 3 saturated heterocycles. The summed E-state index contributed by atoms with van der Waals surface area (Å²) in [5.41, 5.74) is 3.32. The molecule has 188 valence electrons. The number of piperidine rings is 3. The molecule has 3 N–H and O–H groups in total. The fourth-order valence-electron chi connectivity index (χ4n) is 6.07. The summed E-state index contributed by atoms with van der Waals surface area (Å²) < 4.78 is 17.4. The van der Waals surface area contributed by atoms with Crippen LogP contribution in [0.5, 0.6) is 0 Å². The largest absolute Gasteiger partial charge is 0.379 e. The number of aromatic amines is 2. The van der Waals surface area contributed by atoms with Crippen LogP contribution in [-0.2, 0) is 6.42 Å². The summed E-state index contributed by atoms with van der Waals surface area (Å²) in [5.74, 6) is 1.37. The Morgan fingerprint density at radius 2 is 1.97 bits per heavy atom. The number of hydrogen-bond donors (Lipinski definition) is 3. The van der Waals surface area contributed by atoms with Crippen LogP contribution < -0.4 is 10.9 Å². The number of anilines is 1. The highest BCUT2D eigenvalue weighted by molar-refractivity contribution is 6.00. The number of aryl methyl sites for hydroxylation is 1. The zero-order valence-corrected chi connectivity index (χ0v) is 20.6. The SMILES string of the molecule is CCc1nccn1-c1cc2[nH]c(=O)c(-c3nc4ccccc4[nH]3)c(N[C@H]3CN4CCC3CC4)c2cc1F. The molecule has 0 spiro atoms. The topological polar surface area (TPSA) is 94.6 Å². The number of aromatic nitrogens is 5. The number of nitrogens with one attached hydrogen (secondary N) is 3. The first kappa shape index (κ1) is 22.2. The second kappa shape index (κ2) is 8.55. The highest BCUT2D eigenvalue weighted by Crippen LogP contribution is 2.37. The highest BCUT2D eigenvalue weighted by atomic mass is 19.1. The lowest BCUT2D eigenvalue weighted by molar-refractivity contribution is 0.0976. The van der Waals surface area contributed by atoms with Gasteiger partial charge in [0.25, 0.3) is 5.56 Å². The van der Waals surface area contributed by atoms with E-state index >= 15 is 4.39 Å². The Hall–Kier alpha value is -3.98. The van der Waals surface area contributed by atoms with Gasteiger partial charge in [0.05, 0.1) is 27.9 Å². The van der Waals surface area contributed by atoms with Crippen molar-refractivity contribution in [1.29, 1.82) is 0 Å². The van der Waals surface area contributed by atoms with E-state index < -0.39 is 0 Å². The molecular weight excluding hydrogens is 469 g/mol. The molecule has 0 aliphatic carbocycles. The van der Waals surface area contributed by atoms with Crippen molar-refractivity contribution < 1.29 is 4.39 Å². The number of halogens is 1. The monoisotopic (exact) mass is 497 g/mol. The number of rotatable bonds is 5. The van der Waals surface area contributed by atoms with Crippen molar-refractivity contribution in [3.63, 3.8) is 0 Å². The maximum Gasteiger partial charge on any atom is 0.261 e. The van der Waals surface area contributed by atoms with Crippen LogP contribution in [0.15, 0.2) is 53.6 Å². The molecule has 3 aliphatic rings. The Morgan fingerprint density at radius 1 is 1.14 bits per heavy atom. The van der Waals surface area contributed by atoms with E-state index in [4.69, 9.17) is 4.98 Å². The van der Waals surface area contributed by atoms with E-state index in [0.29, 0.717) is 46.0 Å². The molecule has 2 bridgehead atoms. The number of para-hydroxylation sites is 2. The molecule has 37 heavy (non-hydrogen) atoms. The van der Waals surface area contributed by atoms with E-state index in [1.165, 1.54) is 6.07 Å². The molecule has 2 aromatic carbocycles. The van der Waals surface area contributed by atoms with Crippen molar-refractivity contribution in [1.82, 2.24) is 29.4 Å². The van der Waals surface area contributed by atoms with Gasteiger partial charge in [0.1, 0.15) is 23.0 Å². The molecule has 9 heteroatoms. The van der Waals surface area contributed by atoms with Gasteiger partial charge < -0.3 is 24.8 Å². The van der Waals surface area contributed by atoms with Gasteiger partial charge in [-0.15, -0.1) is 0 Å². The maximum atomic E-state index is 15.7. The number of H-pyrrole nitrogens is 2. The normalized spacial score (nSPS) is 21.2. The lowest BCUT2D eigenvalue weighted by Crippen LogP contribution is -2.53. The van der Waals surface area contributed by atoms with Gasteiger partial charge in [0, 0.05) is 36.8 Å². The fourth-order valence-corrected chi connectivity index (χ4v) is 6.07. The Labute approximate surface area is 212 Å². The minimum atomic E-state index is -0.375. The van der Waals surface area contributed by atoms with Gasteiger partial charge in [-0.05, 0) is 56.1 Å². The Kier molecular flexibility index (Phi) is 5.14. The van der Waals surface area contributed by atoms with E-state index in [0.717, 1.165) is 49.3 Å². The molecule has 3 aromatic heterocycles. The molecule has 3 fully saturated rings. The van der Waals surface area contributed by atoms with Crippen LogP contribution in [-0.4, -0.2) is 55.1 Å². The van der Waals surface area contributed by atoms with E-state index in [-0.39, 0.29) is 17.4 Å². The van der Waals surface area contributed by atoms with Crippen LogP contribution >= 0.6 is 0 Å². The molecule has 8 nitrogen and oxygen atoms in total. The minimum absolute atomic E-state index is 0.179. The zero-order valence-electron chi connectivity index (χ0n) is 20.6. The molecule has 0 radical (unpaired) electrons. The second-order valence-electron chi connectivity index (χ2n) is 10.1. The van der Waals surface area contributed by atoms with Crippen LogP contribution in [0.25, 0.3) is 39.0 Å². The minimum Gasteiger partial charge on any atom is -0.379 e. The smallest absolute Gasteiger partial charge is 0.261 e. The zero-order chi connectivity index (χ0) is 25.1. The molecule has 0 saturated carbocycles. The summed E-state index contributed by atoms with van der Waals surface area (Å²) in [6, 6.07) is 11.1. The van der Waals surface area contributed by atoms with Gasteiger partial charge in [0.2, 0.25) is 0 Å². The maximum absolute atomic E-state index is 15.7. The average Bonchev–Trinajstić information content (AvgIpc) is 3.56. The number of benzene rings is 2. The summed E-state index contributed by atoms with van der Waals surface area (Å²) in [7, 11) is 0. The number of hydrogen-bond acceptors (Lipinski definition) is 5. The Bertz CT molecular complexity index is 1660. The highest BCUT2D eigenvalue weighted by Gasteiger charge is 2.35. The lowest BCUT2D eigenvalue weighted by Gasteiger charge is -2.45. The first-order valence-corrected chi connectivity index (χ1v) is 12.9. The third-order valence-corrected chi connectivity index (χ3v) is 7.99. The van der Waals surface area contributed by atoms with Crippen molar-refractivity contribution in [2.75, 3.05) is 25.0 Å². The second-order valence-corrected chi connectivity index (χ2v) is 10.1. The van der Waals surface area contributed by atoms with Crippen LogP contribution in [0.1, 0.15) is 25.6 Å². The van der Waals surface area contributed by atoms with E-state index in [9.17, 15) is 4.79 Å². The molecule has 0 amide bonds. The van der Waals surface area contributed by atoms with Gasteiger partial charge in [-0.1, -0.05) is 19.1 Å². The van der Waals surface area contributed by atoms with Crippen LogP contribution in [0.2, 0.25) is 0 Å². The van der Waals surface area contributed by atoms with Gasteiger partial charge in [-0.3, -0.25) is 4.79 Å². The molecular formula is C28H28FN7O. The summed E-state index contributed by atoms with van der Waals surface area (Å²) in [6.07, 6.45) is 6.32. The van der Waals surface area contributed by atoms with Crippen molar-refractivity contribution in [3.05, 3.63) is 70.8 Å². The van der Waals surface area contributed by atoms with Gasteiger partial charge in [-0.25, -0.2) is 14.4 Å². The van der Waals surface area contributed by atoms with Crippen LogP contribution in [0, 0.1) is 11.7 Å². The lowest BCUT2D eigenvalue weighted by atomic mass is 9.83. The van der Waals surface area contributed by atoms with Crippen LogP contribution in [0.4, 0.5) is 10.1 Å². The van der Waals surface area contributed by atoms with E-state index in [1.54, 1.807) is 23.0 Å². The van der Waals surface area contributed by atoms with Crippen molar-refractivity contribution in [2.24, 2.45) is 5.92 Å². The van der Waals surface area contributed by atoms with Crippen molar-refractivity contribution in [2.45, 2.75) is 32.2 Å². The third kappa shape index (κ3) is 3.64. The third-order valence-electron chi connectivity index (χ3n) is 7.99. The predicted octanol–water partition coefficient (Wildman–Crippen LogP) is 4.46. The molecule has 0 unspecified atom stereocenters. The number of pyridine rings is 1. The van der Waals surface area contributed by atoms with E-state index in [1.807, 2.05) is 31.2 Å². The summed E-state index contributed by atoms with van der Waals surface area (Å²) >= 11 is 0. The average molecular weight is 498 g/mol. The standard InChI is InChI=1S/C28H28FN7O/c1-2-24-30-9-12-36(24)23-14-21-17(13-18(23)29)26(31-22-15-35-10-7-16(22)8-11-35)25(28(37)34-21)27-32-19-5-3-4-6-20(19)33-27/h3-6,9,12-14,16,22H,2,7-8,10-11,15H2,1H3,(H,32,33)(H2,31,34,37)/t22-/m0/s1. The summed E-state index contributed by atoms with van der Waals surface area (Å²) in [5, 5.41) is 4.33. The summed E-state index contributed by atoms with van der Waals surface area (Å²) in [6.45, 7) is 5.11. The molecule has 5 aromatic rings. The first-order chi connectivity index (χ1) is 18.1. The van der Waals surface area contributed by atoms with Gasteiger partial charge >= 0.3 is 0 Å². The van der Waals surface area contributed by atoms with Gasteiger partial charge in [0.15, 0.2) is 0 Å². The van der Waals surface area contributed by atoms with Gasteiger partial charge in [-0.2, -0.15) is 0 Å². The Balaban J connectivity index is 1.44. The van der Waals surface area contributed by atoms with Crippen molar-refractivity contribution >= 4 is 27.6 Å². The van der Waals surface area contributed by atoms with Crippen molar-refractivity contribution in [3.8, 4) is 17.1 Å². The fraction of sp³-hybridized carbons (Fsp3) is 0.321. The number of fused-ring (bicyclic) bond motifs is 5. The first-order valence-electron chi connectivity index (χ1n) is 12.9. The van der Waals surface area contributed by atoms with E-state index in [2.05, 4.69) is 25.2 Å². The Morgan fingerprint density at radius 3 is 2.73 bits per heavy atom. The number of imidazole rings is 2. The molecule has 1 atom stereocenters. The molecule has 8 rings (SSSR count). The van der Waals surface area contributed by atoms with Crippen LogP contribution in [0.3, 0.4) is 0 Å². The molecule has 6 heterocycles. The molecule has 3 aliphatic heterocycles. The number of nitrogens with zero attached hydrogens (tertiary/aromatic N) is 4. The predicted molar refractivity (Wildman–Crippen MR) is 143 cm³/mol.